The van der Waals surface area contributed by atoms with Crippen LogP contribution in [-0.2, 0) is 9.84 Å². The van der Waals surface area contributed by atoms with Crippen molar-refractivity contribution in [3.05, 3.63) is 128 Å². The van der Waals surface area contributed by atoms with Crippen molar-refractivity contribution in [1.29, 1.82) is 0 Å². The lowest BCUT2D eigenvalue weighted by atomic mass is 10.0. The van der Waals surface area contributed by atoms with Gasteiger partial charge in [0.25, 0.3) is 0 Å². The lowest BCUT2D eigenvalue weighted by molar-refractivity contribution is 0.595. The third kappa shape index (κ3) is 3.19. The number of rotatable bonds is 2. The van der Waals surface area contributed by atoms with Gasteiger partial charge in [0.15, 0.2) is 0 Å². The molecule has 39 heavy (non-hydrogen) atoms. The quantitative estimate of drug-likeness (QED) is 0.231. The van der Waals surface area contributed by atoms with Crippen LogP contribution in [0.2, 0.25) is 0 Å². The first kappa shape index (κ1) is 22.1. The van der Waals surface area contributed by atoms with E-state index >= 15 is 0 Å². The Balaban J connectivity index is 1.38. The van der Waals surface area contributed by atoms with Gasteiger partial charge < -0.3 is 4.90 Å². The molecule has 6 heteroatoms. The van der Waals surface area contributed by atoms with Crippen LogP contribution in [0.15, 0.2) is 137 Å². The fourth-order valence-corrected chi connectivity index (χ4v) is 7.33. The highest BCUT2D eigenvalue weighted by Gasteiger charge is 2.35. The second kappa shape index (κ2) is 8.03. The van der Waals surface area contributed by atoms with E-state index in [2.05, 4.69) is 28.7 Å². The van der Waals surface area contributed by atoms with Crippen LogP contribution in [0.3, 0.4) is 0 Å². The molecule has 0 spiro atoms. The normalized spacial score (nSPS) is 14.0. The van der Waals surface area contributed by atoms with Gasteiger partial charge in [-0.25, -0.2) is 13.4 Å². The number of pyridine rings is 1. The molecule has 1 aliphatic rings. The first-order valence-corrected chi connectivity index (χ1v) is 14.2. The van der Waals surface area contributed by atoms with E-state index in [4.69, 9.17) is 4.98 Å². The van der Waals surface area contributed by atoms with Gasteiger partial charge in [0.05, 0.1) is 32.2 Å². The molecule has 0 saturated heterocycles. The van der Waals surface area contributed by atoms with Gasteiger partial charge in [0.1, 0.15) is 5.65 Å². The average molecular weight is 524 g/mol. The number of benzene rings is 5. The molecule has 1 aliphatic heterocycles. The van der Waals surface area contributed by atoms with Crippen molar-refractivity contribution in [3.63, 3.8) is 0 Å². The molecular weight excluding hydrogens is 502 g/mol. The number of hydrogen-bond donors (Lipinski definition) is 0. The fraction of sp³-hybridized carbons (Fsp3) is 0. The summed E-state index contributed by atoms with van der Waals surface area (Å²) in [5, 5.41) is 2.23. The Morgan fingerprint density at radius 1 is 0.615 bits per heavy atom. The van der Waals surface area contributed by atoms with E-state index < -0.39 is 9.84 Å². The van der Waals surface area contributed by atoms with Crippen molar-refractivity contribution in [2.24, 2.45) is 0 Å². The molecule has 2 aromatic heterocycles. The molecule has 0 radical (unpaired) electrons. The van der Waals surface area contributed by atoms with E-state index in [1.807, 2.05) is 90.0 Å². The Labute approximate surface area is 225 Å². The summed E-state index contributed by atoms with van der Waals surface area (Å²) in [5.41, 5.74) is 6.71. The van der Waals surface area contributed by atoms with Gasteiger partial charge in [-0.2, -0.15) is 0 Å². The summed E-state index contributed by atoms with van der Waals surface area (Å²) in [4.78, 5) is 7.57. The van der Waals surface area contributed by atoms with Gasteiger partial charge in [-0.3, -0.25) is 4.40 Å². The van der Waals surface area contributed by atoms with E-state index in [1.165, 1.54) is 0 Å². The van der Waals surface area contributed by atoms with Crippen LogP contribution in [-0.4, -0.2) is 17.8 Å². The molecule has 0 aliphatic carbocycles. The van der Waals surface area contributed by atoms with Crippen LogP contribution >= 0.6 is 0 Å². The number of imidazole rings is 1. The summed E-state index contributed by atoms with van der Waals surface area (Å²) >= 11 is 0. The molecule has 0 unspecified atom stereocenters. The number of sulfone groups is 1. The van der Waals surface area contributed by atoms with Crippen molar-refractivity contribution in [1.82, 2.24) is 9.38 Å². The predicted octanol–water partition coefficient (Wildman–Crippen LogP) is 7.92. The SMILES string of the molecule is O=S1(=O)c2ccccc2N(c2ccc3nc4c5ccccc5ccn4c3c2)c2ccc(-c3ccccc3)cc21. The maximum Gasteiger partial charge on any atom is 0.210 e. The topological polar surface area (TPSA) is 54.7 Å². The van der Waals surface area contributed by atoms with Gasteiger partial charge in [-0.15, -0.1) is 0 Å². The molecule has 0 N–H and O–H groups in total. The summed E-state index contributed by atoms with van der Waals surface area (Å²) < 4.78 is 29.9. The zero-order valence-corrected chi connectivity index (χ0v) is 21.5. The molecule has 5 aromatic carbocycles. The molecule has 0 amide bonds. The summed E-state index contributed by atoms with van der Waals surface area (Å²) in [6.07, 6.45) is 2.05. The summed E-state index contributed by atoms with van der Waals surface area (Å²) in [6, 6.07) is 39.2. The first-order chi connectivity index (χ1) is 19.1. The molecule has 5 nitrogen and oxygen atoms in total. The number of fused-ring (bicyclic) bond motifs is 7. The van der Waals surface area contributed by atoms with Gasteiger partial charge in [0, 0.05) is 17.3 Å². The Bertz CT molecular complexity index is 2200. The minimum absolute atomic E-state index is 0.298. The first-order valence-electron chi connectivity index (χ1n) is 12.7. The third-order valence-corrected chi connectivity index (χ3v) is 9.36. The van der Waals surface area contributed by atoms with E-state index in [0.717, 1.165) is 44.3 Å². The second-order valence-electron chi connectivity index (χ2n) is 9.74. The lowest BCUT2D eigenvalue weighted by Gasteiger charge is -2.33. The Morgan fingerprint density at radius 3 is 2.28 bits per heavy atom. The smallest absolute Gasteiger partial charge is 0.210 e. The Hall–Kier alpha value is -4.94. The molecule has 0 saturated carbocycles. The maximum absolute atomic E-state index is 13.9. The highest BCUT2D eigenvalue weighted by molar-refractivity contribution is 7.92. The van der Waals surface area contributed by atoms with Crippen LogP contribution < -0.4 is 4.90 Å². The van der Waals surface area contributed by atoms with Gasteiger partial charge in [0.2, 0.25) is 9.84 Å². The third-order valence-electron chi connectivity index (χ3n) is 7.53. The number of anilines is 3. The summed E-state index contributed by atoms with van der Waals surface area (Å²) in [7, 11) is -3.72. The minimum atomic E-state index is -3.72. The predicted molar refractivity (Wildman–Crippen MR) is 156 cm³/mol. The highest BCUT2D eigenvalue weighted by atomic mass is 32.2. The van der Waals surface area contributed by atoms with Crippen LogP contribution in [0.4, 0.5) is 17.1 Å². The standard InChI is InChI=1S/C33H21N3O2S/c37-39(38)31-13-7-6-12-28(31)36(29-17-14-24(20-32(29)39)22-8-2-1-3-9-22)25-15-16-27-30(21-25)35-19-18-23-10-4-5-11-26(23)33(35)34-27/h1-21H. The van der Waals surface area contributed by atoms with E-state index in [1.54, 1.807) is 18.2 Å². The zero-order valence-electron chi connectivity index (χ0n) is 20.7. The number of hydrogen-bond acceptors (Lipinski definition) is 4. The van der Waals surface area contributed by atoms with Crippen LogP contribution in [0.1, 0.15) is 0 Å². The molecule has 186 valence electrons. The van der Waals surface area contributed by atoms with E-state index in [0.29, 0.717) is 21.2 Å². The molecule has 7 aromatic rings. The van der Waals surface area contributed by atoms with Crippen molar-refractivity contribution in [3.8, 4) is 11.1 Å². The summed E-state index contributed by atoms with van der Waals surface area (Å²) in [5.74, 6) is 0. The fourth-order valence-electron chi connectivity index (χ4n) is 5.68. The van der Waals surface area contributed by atoms with Gasteiger partial charge in [-0.1, -0.05) is 72.8 Å². The Morgan fingerprint density at radius 2 is 1.38 bits per heavy atom. The molecular formula is C33H21N3O2S. The number of nitrogens with zero attached hydrogens (tertiary/aromatic N) is 3. The monoisotopic (exact) mass is 523 g/mol. The zero-order chi connectivity index (χ0) is 26.1. The summed E-state index contributed by atoms with van der Waals surface area (Å²) in [6.45, 7) is 0. The second-order valence-corrected chi connectivity index (χ2v) is 11.6. The lowest BCUT2D eigenvalue weighted by Crippen LogP contribution is -2.22. The molecule has 0 atom stereocenters. The highest BCUT2D eigenvalue weighted by Crippen LogP contribution is 2.49. The van der Waals surface area contributed by atoms with Crippen LogP contribution in [0.25, 0.3) is 38.6 Å². The van der Waals surface area contributed by atoms with Crippen molar-refractivity contribution in [2.45, 2.75) is 9.79 Å². The van der Waals surface area contributed by atoms with Crippen molar-refractivity contribution >= 4 is 54.4 Å². The minimum Gasteiger partial charge on any atom is -0.308 e. The van der Waals surface area contributed by atoms with E-state index in [-0.39, 0.29) is 0 Å². The Kier molecular flexibility index (Phi) is 4.55. The van der Waals surface area contributed by atoms with E-state index in [9.17, 15) is 8.42 Å². The molecule has 0 fully saturated rings. The number of aromatic nitrogens is 2. The average Bonchev–Trinajstić information content (AvgIpc) is 3.36. The van der Waals surface area contributed by atoms with Gasteiger partial charge in [-0.05, 0) is 65.0 Å². The van der Waals surface area contributed by atoms with Crippen LogP contribution in [0, 0.1) is 0 Å². The molecule has 8 rings (SSSR count). The van der Waals surface area contributed by atoms with Crippen molar-refractivity contribution in [2.75, 3.05) is 4.90 Å². The molecule has 3 heterocycles. The number of para-hydroxylation sites is 1. The van der Waals surface area contributed by atoms with Crippen LogP contribution in [0.5, 0.6) is 0 Å². The van der Waals surface area contributed by atoms with Gasteiger partial charge >= 0.3 is 0 Å². The molecule has 0 bridgehead atoms. The van der Waals surface area contributed by atoms with Crippen molar-refractivity contribution < 1.29 is 8.42 Å². The maximum atomic E-state index is 13.9. The largest absolute Gasteiger partial charge is 0.308 e.